The van der Waals surface area contributed by atoms with Gasteiger partial charge in [-0.25, -0.2) is 8.42 Å². The van der Waals surface area contributed by atoms with Crippen LogP contribution in [0, 0.1) is 0 Å². The van der Waals surface area contributed by atoms with Gasteiger partial charge in [-0.15, -0.1) is 0 Å². The molecule has 1 saturated heterocycles. The lowest BCUT2D eigenvalue weighted by atomic mass is 10.2. The van der Waals surface area contributed by atoms with Crippen molar-refractivity contribution >= 4 is 10.0 Å². The van der Waals surface area contributed by atoms with Gasteiger partial charge < -0.3 is 5.32 Å². The highest BCUT2D eigenvalue weighted by molar-refractivity contribution is 7.89. The molecule has 0 spiro atoms. The summed E-state index contributed by atoms with van der Waals surface area (Å²) in [5, 5.41) is 7.09. The van der Waals surface area contributed by atoms with Crippen LogP contribution in [0.15, 0.2) is 17.3 Å². The molecule has 0 amide bonds. The van der Waals surface area contributed by atoms with Gasteiger partial charge in [-0.1, -0.05) is 6.42 Å². The van der Waals surface area contributed by atoms with Gasteiger partial charge in [0.05, 0.1) is 12.7 Å². The quantitative estimate of drug-likeness (QED) is 0.836. The zero-order chi connectivity index (χ0) is 13.0. The molecule has 2 heterocycles. The Labute approximate surface area is 108 Å². The monoisotopic (exact) mass is 272 g/mol. The average Bonchev–Trinajstić information content (AvgIpc) is 2.87. The topological polar surface area (TPSA) is 67.2 Å². The molecule has 0 aromatic carbocycles. The summed E-state index contributed by atoms with van der Waals surface area (Å²) >= 11 is 0. The van der Waals surface area contributed by atoms with E-state index in [2.05, 4.69) is 10.4 Å². The number of rotatable bonds is 5. The summed E-state index contributed by atoms with van der Waals surface area (Å²) in [6.07, 6.45) is 6.08. The summed E-state index contributed by atoms with van der Waals surface area (Å²) in [6.45, 7) is 2.70. The summed E-state index contributed by atoms with van der Waals surface area (Å²) < 4.78 is 27.9. The highest BCUT2D eigenvalue weighted by Gasteiger charge is 2.26. The van der Waals surface area contributed by atoms with Crippen molar-refractivity contribution in [2.45, 2.75) is 30.7 Å². The molecule has 1 aromatic heterocycles. The smallest absolute Gasteiger partial charge is 0.246 e. The van der Waals surface area contributed by atoms with Gasteiger partial charge in [0.1, 0.15) is 4.90 Å². The van der Waals surface area contributed by atoms with Crippen LogP contribution in [0.1, 0.15) is 19.3 Å². The van der Waals surface area contributed by atoms with Crippen molar-refractivity contribution in [2.24, 2.45) is 0 Å². The first-order valence-electron chi connectivity index (χ1n) is 6.32. The molecule has 0 bridgehead atoms. The van der Waals surface area contributed by atoms with E-state index in [1.54, 1.807) is 15.2 Å². The Morgan fingerprint density at radius 2 is 2.06 bits per heavy atom. The predicted octanol–water partition coefficient (Wildman–Crippen LogP) is 0.277. The predicted molar refractivity (Wildman–Crippen MR) is 68.8 cm³/mol. The molecule has 1 N–H and O–H groups in total. The van der Waals surface area contributed by atoms with Gasteiger partial charge in [0.2, 0.25) is 10.0 Å². The number of hydrogen-bond donors (Lipinski definition) is 1. The molecule has 0 saturated carbocycles. The molecular weight excluding hydrogens is 252 g/mol. The number of hydrogen-bond acceptors (Lipinski definition) is 4. The highest BCUT2D eigenvalue weighted by Crippen LogP contribution is 2.19. The second kappa shape index (κ2) is 5.81. The normalized spacial score (nSPS) is 18.1. The first-order chi connectivity index (χ1) is 8.64. The molecule has 1 aliphatic heterocycles. The van der Waals surface area contributed by atoms with Crippen molar-refractivity contribution in [1.29, 1.82) is 0 Å². The minimum Gasteiger partial charge on any atom is -0.318 e. The maximum absolute atomic E-state index is 12.3. The Morgan fingerprint density at radius 3 is 2.72 bits per heavy atom. The zero-order valence-electron chi connectivity index (χ0n) is 10.7. The Balaban J connectivity index is 2.11. The van der Waals surface area contributed by atoms with Crippen molar-refractivity contribution in [3.8, 4) is 0 Å². The van der Waals surface area contributed by atoms with E-state index in [0.717, 1.165) is 25.8 Å². The maximum Gasteiger partial charge on any atom is 0.246 e. The van der Waals surface area contributed by atoms with Crippen molar-refractivity contribution in [3.63, 3.8) is 0 Å². The van der Waals surface area contributed by atoms with Crippen LogP contribution in [0.4, 0.5) is 0 Å². The van der Waals surface area contributed by atoms with Gasteiger partial charge >= 0.3 is 0 Å². The first kappa shape index (κ1) is 13.5. The standard InChI is InChI=1S/C11H20N4O2S/c1-12-5-8-14-10-11(9-13-14)18(16,17)15-6-3-2-4-7-15/h9-10,12H,2-8H2,1H3. The van der Waals surface area contributed by atoms with Crippen molar-refractivity contribution in [3.05, 3.63) is 12.4 Å². The van der Waals surface area contributed by atoms with Crippen LogP contribution in [-0.4, -0.2) is 49.2 Å². The molecule has 102 valence electrons. The van der Waals surface area contributed by atoms with Crippen molar-refractivity contribution < 1.29 is 8.42 Å². The second-order valence-electron chi connectivity index (χ2n) is 4.51. The van der Waals surface area contributed by atoms with E-state index < -0.39 is 10.0 Å². The van der Waals surface area contributed by atoms with Gasteiger partial charge in [-0.2, -0.15) is 9.40 Å². The van der Waals surface area contributed by atoms with Crippen LogP contribution >= 0.6 is 0 Å². The summed E-state index contributed by atoms with van der Waals surface area (Å²) in [5.74, 6) is 0. The van der Waals surface area contributed by atoms with Gasteiger partial charge in [-0.05, 0) is 19.9 Å². The minimum atomic E-state index is -3.34. The van der Waals surface area contributed by atoms with Crippen molar-refractivity contribution in [1.82, 2.24) is 19.4 Å². The van der Waals surface area contributed by atoms with Crippen molar-refractivity contribution in [2.75, 3.05) is 26.7 Å². The van der Waals surface area contributed by atoms with E-state index >= 15 is 0 Å². The lowest BCUT2D eigenvalue weighted by molar-refractivity contribution is 0.346. The minimum absolute atomic E-state index is 0.306. The second-order valence-corrected chi connectivity index (χ2v) is 6.45. The van der Waals surface area contributed by atoms with Gasteiger partial charge in [-0.3, -0.25) is 4.68 Å². The van der Waals surface area contributed by atoms with E-state index in [0.29, 0.717) is 24.5 Å². The fraction of sp³-hybridized carbons (Fsp3) is 0.727. The van der Waals surface area contributed by atoms with Crippen LogP contribution in [0.2, 0.25) is 0 Å². The lowest BCUT2D eigenvalue weighted by Crippen LogP contribution is -2.35. The van der Waals surface area contributed by atoms with E-state index in [4.69, 9.17) is 0 Å². The summed E-state index contributed by atoms with van der Waals surface area (Å²) in [7, 11) is -1.48. The van der Waals surface area contributed by atoms with Crippen LogP contribution < -0.4 is 5.32 Å². The van der Waals surface area contributed by atoms with E-state index in [9.17, 15) is 8.42 Å². The van der Waals surface area contributed by atoms with E-state index in [-0.39, 0.29) is 0 Å². The van der Waals surface area contributed by atoms with Crippen LogP contribution in [0.3, 0.4) is 0 Å². The SMILES string of the molecule is CNCCn1cc(S(=O)(=O)N2CCCCC2)cn1. The molecule has 6 nitrogen and oxygen atoms in total. The van der Waals surface area contributed by atoms with E-state index in [1.807, 2.05) is 7.05 Å². The van der Waals surface area contributed by atoms with Gasteiger partial charge in [0, 0.05) is 25.8 Å². The Bertz CT molecular complexity index is 477. The lowest BCUT2D eigenvalue weighted by Gasteiger charge is -2.25. The summed E-state index contributed by atoms with van der Waals surface area (Å²) in [5.41, 5.74) is 0. The fourth-order valence-corrected chi connectivity index (χ4v) is 3.55. The summed E-state index contributed by atoms with van der Waals surface area (Å²) in [4.78, 5) is 0.306. The number of likely N-dealkylation sites (N-methyl/N-ethyl adjacent to an activating group) is 1. The van der Waals surface area contributed by atoms with Gasteiger partial charge in [0.25, 0.3) is 0 Å². The molecule has 0 aliphatic carbocycles. The molecule has 1 aliphatic rings. The summed E-state index contributed by atoms with van der Waals surface area (Å²) in [6, 6.07) is 0. The first-order valence-corrected chi connectivity index (χ1v) is 7.76. The largest absolute Gasteiger partial charge is 0.318 e. The third-order valence-corrected chi connectivity index (χ3v) is 5.00. The van der Waals surface area contributed by atoms with Crippen LogP contribution in [0.5, 0.6) is 0 Å². The molecule has 18 heavy (non-hydrogen) atoms. The molecule has 0 radical (unpaired) electrons. The number of aromatic nitrogens is 2. The third kappa shape index (κ3) is 2.90. The molecular formula is C11H20N4O2S. The number of piperidine rings is 1. The maximum atomic E-state index is 12.3. The zero-order valence-corrected chi connectivity index (χ0v) is 11.5. The molecule has 0 unspecified atom stereocenters. The Kier molecular flexibility index (Phi) is 4.36. The Hall–Kier alpha value is -0.920. The molecule has 2 rings (SSSR count). The van der Waals surface area contributed by atoms with E-state index in [1.165, 1.54) is 6.20 Å². The number of nitrogens with zero attached hydrogens (tertiary/aromatic N) is 3. The van der Waals surface area contributed by atoms with Crippen LogP contribution in [0.25, 0.3) is 0 Å². The highest BCUT2D eigenvalue weighted by atomic mass is 32.2. The average molecular weight is 272 g/mol. The van der Waals surface area contributed by atoms with Crippen LogP contribution in [-0.2, 0) is 16.6 Å². The molecule has 0 atom stereocenters. The number of nitrogens with one attached hydrogen (secondary N) is 1. The molecule has 1 aromatic rings. The third-order valence-electron chi connectivity index (χ3n) is 3.15. The Morgan fingerprint density at radius 1 is 1.33 bits per heavy atom. The molecule has 7 heteroatoms. The number of sulfonamides is 1. The van der Waals surface area contributed by atoms with Gasteiger partial charge in [0.15, 0.2) is 0 Å². The fourth-order valence-electron chi connectivity index (χ4n) is 2.08. The molecule has 1 fully saturated rings.